The van der Waals surface area contributed by atoms with Gasteiger partial charge in [0.25, 0.3) is 5.69 Å². The monoisotopic (exact) mass is 311 g/mol. The van der Waals surface area contributed by atoms with Gasteiger partial charge in [0.1, 0.15) is 0 Å². The number of rotatable bonds is 5. The average molecular weight is 311 g/mol. The van der Waals surface area contributed by atoms with E-state index in [1.54, 1.807) is 41.9 Å². The molecule has 2 aromatic heterocycles. The van der Waals surface area contributed by atoms with Crippen molar-refractivity contribution in [2.75, 3.05) is 5.32 Å². The number of pyridine rings is 1. The maximum absolute atomic E-state index is 11.0. The Morgan fingerprint density at radius 1 is 1.09 bits per heavy atom. The molecule has 0 bridgehead atoms. The average Bonchev–Trinajstić information content (AvgIpc) is 3.03. The molecule has 0 aliphatic carbocycles. The Labute approximate surface area is 131 Å². The number of anilines is 1. The third-order valence-corrected chi connectivity index (χ3v) is 4.30. The van der Waals surface area contributed by atoms with Crippen molar-refractivity contribution in [1.82, 2.24) is 4.98 Å². The molecule has 22 heavy (non-hydrogen) atoms. The number of hydrogen-bond acceptors (Lipinski definition) is 5. The normalized spacial score (nSPS) is 10.4. The summed E-state index contributed by atoms with van der Waals surface area (Å²) in [5, 5.41) is 15.2. The maximum Gasteiger partial charge on any atom is 0.274 e. The molecule has 0 aliphatic rings. The molecular formula is C16H13N3O2S. The van der Waals surface area contributed by atoms with E-state index in [1.165, 1.54) is 6.07 Å². The Hall–Kier alpha value is -2.73. The molecule has 0 spiro atoms. The van der Waals surface area contributed by atoms with Crippen LogP contribution in [0, 0.1) is 10.1 Å². The summed E-state index contributed by atoms with van der Waals surface area (Å²) < 4.78 is 0. The summed E-state index contributed by atoms with van der Waals surface area (Å²) in [6.07, 6.45) is 3.52. The summed E-state index contributed by atoms with van der Waals surface area (Å²) in [4.78, 5) is 15.8. The van der Waals surface area contributed by atoms with E-state index in [1.807, 2.05) is 24.3 Å². The zero-order valence-electron chi connectivity index (χ0n) is 11.6. The lowest BCUT2D eigenvalue weighted by molar-refractivity contribution is -0.385. The zero-order chi connectivity index (χ0) is 15.4. The lowest BCUT2D eigenvalue weighted by Crippen LogP contribution is -2.01. The molecule has 2 heterocycles. The van der Waals surface area contributed by atoms with Crippen molar-refractivity contribution in [1.29, 1.82) is 0 Å². The summed E-state index contributed by atoms with van der Waals surface area (Å²) in [7, 11) is 0. The number of nitrogens with one attached hydrogen (secondary N) is 1. The minimum atomic E-state index is -0.353. The Bertz CT molecular complexity index is 787. The van der Waals surface area contributed by atoms with Gasteiger partial charge < -0.3 is 5.32 Å². The number of aromatic nitrogens is 1. The van der Waals surface area contributed by atoms with E-state index >= 15 is 0 Å². The fourth-order valence-corrected chi connectivity index (χ4v) is 3.03. The highest BCUT2D eigenvalue weighted by atomic mass is 32.1. The Kier molecular flexibility index (Phi) is 4.11. The Morgan fingerprint density at radius 2 is 1.86 bits per heavy atom. The fraction of sp³-hybridized carbons (Fsp3) is 0.0625. The molecule has 0 amide bonds. The molecule has 110 valence electrons. The van der Waals surface area contributed by atoms with Gasteiger partial charge in [0.05, 0.1) is 9.92 Å². The smallest absolute Gasteiger partial charge is 0.274 e. The van der Waals surface area contributed by atoms with Gasteiger partial charge in [-0.3, -0.25) is 15.1 Å². The van der Waals surface area contributed by atoms with Crippen LogP contribution in [0.4, 0.5) is 10.7 Å². The number of hydrogen-bond donors (Lipinski definition) is 1. The molecule has 5 nitrogen and oxygen atoms in total. The van der Waals surface area contributed by atoms with Gasteiger partial charge in [-0.15, -0.1) is 11.3 Å². The zero-order valence-corrected chi connectivity index (χ0v) is 12.4. The highest BCUT2D eigenvalue weighted by Gasteiger charge is 2.12. The SMILES string of the molecule is O=[N+]([O-])c1ccccc1CNc1ccc(-c2ccncc2)s1. The van der Waals surface area contributed by atoms with Crippen molar-refractivity contribution < 1.29 is 4.92 Å². The van der Waals surface area contributed by atoms with Crippen molar-refractivity contribution in [3.05, 3.63) is 76.6 Å². The van der Waals surface area contributed by atoms with Gasteiger partial charge in [0.15, 0.2) is 0 Å². The minimum absolute atomic E-state index is 0.140. The molecule has 0 saturated heterocycles. The topological polar surface area (TPSA) is 68.1 Å². The Balaban J connectivity index is 1.73. The molecule has 0 fully saturated rings. The third-order valence-electron chi connectivity index (χ3n) is 3.21. The second-order valence-corrected chi connectivity index (χ2v) is 5.72. The van der Waals surface area contributed by atoms with Gasteiger partial charge in [-0.05, 0) is 29.8 Å². The van der Waals surface area contributed by atoms with Gasteiger partial charge in [-0.1, -0.05) is 18.2 Å². The number of nitro benzene ring substituents is 1. The largest absolute Gasteiger partial charge is 0.373 e. The van der Waals surface area contributed by atoms with Crippen LogP contribution in [-0.4, -0.2) is 9.91 Å². The molecule has 1 N–H and O–H groups in total. The van der Waals surface area contributed by atoms with Crippen LogP contribution < -0.4 is 5.32 Å². The van der Waals surface area contributed by atoms with E-state index in [-0.39, 0.29) is 10.6 Å². The van der Waals surface area contributed by atoms with E-state index in [2.05, 4.69) is 10.3 Å². The van der Waals surface area contributed by atoms with Crippen LogP contribution >= 0.6 is 11.3 Å². The van der Waals surface area contributed by atoms with Crippen LogP contribution in [0.1, 0.15) is 5.56 Å². The van der Waals surface area contributed by atoms with Crippen molar-refractivity contribution in [3.8, 4) is 10.4 Å². The third kappa shape index (κ3) is 3.12. The standard InChI is InChI=1S/C16H13N3O2S/c20-19(21)14-4-2-1-3-13(14)11-18-16-6-5-15(22-16)12-7-9-17-10-8-12/h1-10,18H,11H2. The number of nitrogens with zero attached hydrogens (tertiary/aromatic N) is 2. The molecule has 0 saturated carbocycles. The molecular weight excluding hydrogens is 298 g/mol. The van der Waals surface area contributed by atoms with Gasteiger partial charge in [0.2, 0.25) is 0 Å². The molecule has 0 atom stereocenters. The van der Waals surface area contributed by atoms with Crippen LogP contribution in [0.5, 0.6) is 0 Å². The van der Waals surface area contributed by atoms with E-state index < -0.39 is 0 Å². The lowest BCUT2D eigenvalue weighted by atomic mass is 10.2. The summed E-state index contributed by atoms with van der Waals surface area (Å²) in [5.74, 6) is 0. The number of para-hydroxylation sites is 1. The lowest BCUT2D eigenvalue weighted by Gasteiger charge is -2.04. The van der Waals surface area contributed by atoms with Gasteiger partial charge in [0, 0.05) is 35.4 Å². The first-order valence-electron chi connectivity index (χ1n) is 6.70. The van der Waals surface area contributed by atoms with Crippen LogP contribution in [0.25, 0.3) is 10.4 Å². The summed E-state index contributed by atoms with van der Waals surface area (Å²) in [5.41, 5.74) is 1.92. The second-order valence-electron chi connectivity index (χ2n) is 4.64. The second kappa shape index (κ2) is 6.36. The quantitative estimate of drug-likeness (QED) is 0.562. The molecule has 3 aromatic rings. The van der Waals surface area contributed by atoms with E-state index in [9.17, 15) is 10.1 Å². The first-order chi connectivity index (χ1) is 10.7. The summed E-state index contributed by atoms with van der Waals surface area (Å²) in [6, 6.07) is 14.7. The molecule has 6 heteroatoms. The van der Waals surface area contributed by atoms with E-state index in [0.717, 1.165) is 15.4 Å². The summed E-state index contributed by atoms with van der Waals surface area (Å²) in [6.45, 7) is 0.424. The minimum Gasteiger partial charge on any atom is -0.373 e. The molecule has 3 rings (SSSR count). The van der Waals surface area contributed by atoms with Crippen LogP contribution in [0.15, 0.2) is 60.9 Å². The van der Waals surface area contributed by atoms with Crippen molar-refractivity contribution in [2.45, 2.75) is 6.54 Å². The maximum atomic E-state index is 11.0. The number of thiophene rings is 1. The molecule has 1 aromatic carbocycles. The van der Waals surface area contributed by atoms with Gasteiger partial charge >= 0.3 is 0 Å². The van der Waals surface area contributed by atoms with Crippen molar-refractivity contribution in [2.24, 2.45) is 0 Å². The van der Waals surface area contributed by atoms with Crippen molar-refractivity contribution in [3.63, 3.8) is 0 Å². The predicted molar refractivity (Wildman–Crippen MR) is 88.0 cm³/mol. The highest BCUT2D eigenvalue weighted by molar-refractivity contribution is 7.19. The summed E-state index contributed by atoms with van der Waals surface area (Å²) >= 11 is 1.61. The number of nitro groups is 1. The van der Waals surface area contributed by atoms with E-state index in [0.29, 0.717) is 12.1 Å². The van der Waals surface area contributed by atoms with Crippen LogP contribution in [0.2, 0.25) is 0 Å². The van der Waals surface area contributed by atoms with Crippen molar-refractivity contribution >= 4 is 22.0 Å². The van der Waals surface area contributed by atoms with Gasteiger partial charge in [-0.25, -0.2) is 0 Å². The first-order valence-corrected chi connectivity index (χ1v) is 7.52. The Morgan fingerprint density at radius 3 is 2.64 bits per heavy atom. The van der Waals surface area contributed by atoms with Crippen LogP contribution in [-0.2, 0) is 6.54 Å². The first kappa shape index (κ1) is 14.2. The highest BCUT2D eigenvalue weighted by Crippen LogP contribution is 2.31. The van der Waals surface area contributed by atoms with Crippen LogP contribution in [0.3, 0.4) is 0 Å². The molecule has 0 radical (unpaired) electrons. The number of benzene rings is 1. The van der Waals surface area contributed by atoms with E-state index in [4.69, 9.17) is 0 Å². The van der Waals surface area contributed by atoms with Gasteiger partial charge in [-0.2, -0.15) is 0 Å². The predicted octanol–water partition coefficient (Wildman–Crippen LogP) is 4.33. The fourth-order valence-electron chi connectivity index (χ4n) is 2.12. The molecule has 0 unspecified atom stereocenters. The molecule has 0 aliphatic heterocycles.